The van der Waals surface area contributed by atoms with Crippen molar-refractivity contribution in [2.24, 2.45) is 0 Å². The Balaban J connectivity index is 1.63. The largest absolute Gasteiger partial charge is 0.336 e. The summed E-state index contributed by atoms with van der Waals surface area (Å²) in [6, 6.07) is 7.53. The molecule has 126 valence electrons. The molecule has 1 aliphatic heterocycles. The quantitative estimate of drug-likeness (QED) is 0.848. The van der Waals surface area contributed by atoms with Crippen LogP contribution in [-0.4, -0.2) is 55.0 Å². The summed E-state index contributed by atoms with van der Waals surface area (Å²) < 4.78 is 26.8. The highest BCUT2D eigenvalue weighted by Gasteiger charge is 2.36. The van der Waals surface area contributed by atoms with Gasteiger partial charge >= 0.3 is 0 Å². The Hall–Kier alpha value is -1.40. The molecule has 0 atom stereocenters. The van der Waals surface area contributed by atoms with Gasteiger partial charge in [-0.15, -0.1) is 0 Å². The van der Waals surface area contributed by atoms with Crippen LogP contribution >= 0.6 is 0 Å². The van der Waals surface area contributed by atoms with E-state index >= 15 is 0 Å². The smallest absolute Gasteiger partial charge is 0.253 e. The molecule has 2 fully saturated rings. The number of hydrogen-bond acceptors (Lipinski definition) is 3. The molecule has 3 rings (SSSR count). The van der Waals surface area contributed by atoms with E-state index in [-0.39, 0.29) is 11.2 Å². The zero-order chi connectivity index (χ0) is 16.4. The van der Waals surface area contributed by atoms with Gasteiger partial charge in [-0.05, 0) is 31.9 Å². The van der Waals surface area contributed by atoms with Gasteiger partial charge in [0.25, 0.3) is 5.91 Å². The first-order chi connectivity index (χ1) is 11.0. The lowest BCUT2D eigenvalue weighted by molar-refractivity contribution is 0.0697. The first-order valence-corrected chi connectivity index (χ1v) is 9.84. The van der Waals surface area contributed by atoms with Gasteiger partial charge in [0.2, 0.25) is 10.0 Å². The first-order valence-electron chi connectivity index (χ1n) is 8.33. The van der Waals surface area contributed by atoms with Crippen LogP contribution < -0.4 is 0 Å². The Morgan fingerprint density at radius 1 is 1.09 bits per heavy atom. The van der Waals surface area contributed by atoms with Crippen molar-refractivity contribution < 1.29 is 13.2 Å². The van der Waals surface area contributed by atoms with Gasteiger partial charge in [-0.3, -0.25) is 4.79 Å². The molecule has 23 heavy (non-hydrogen) atoms. The van der Waals surface area contributed by atoms with Gasteiger partial charge in [0.1, 0.15) is 0 Å². The molecule has 0 bridgehead atoms. The summed E-state index contributed by atoms with van der Waals surface area (Å²) in [6.45, 7) is 3.73. The fourth-order valence-corrected chi connectivity index (χ4v) is 5.53. The van der Waals surface area contributed by atoms with Crippen molar-refractivity contribution in [3.05, 3.63) is 35.4 Å². The third-order valence-corrected chi connectivity index (χ3v) is 7.27. The van der Waals surface area contributed by atoms with Crippen molar-refractivity contribution in [1.29, 1.82) is 0 Å². The van der Waals surface area contributed by atoms with Crippen LogP contribution in [0.5, 0.6) is 0 Å². The minimum absolute atomic E-state index is 0.00776. The first kappa shape index (κ1) is 16.5. The fourth-order valence-electron chi connectivity index (χ4n) is 3.50. The Morgan fingerprint density at radius 2 is 1.74 bits per heavy atom. The van der Waals surface area contributed by atoms with Crippen LogP contribution in [0.3, 0.4) is 0 Å². The second kappa shape index (κ2) is 6.61. The number of hydrogen-bond donors (Lipinski definition) is 0. The van der Waals surface area contributed by atoms with Crippen LogP contribution in [0.2, 0.25) is 0 Å². The number of aryl methyl sites for hydroxylation is 1. The van der Waals surface area contributed by atoms with Gasteiger partial charge in [0.15, 0.2) is 0 Å². The van der Waals surface area contributed by atoms with E-state index in [4.69, 9.17) is 0 Å². The predicted octanol–water partition coefficient (Wildman–Crippen LogP) is 2.03. The maximum Gasteiger partial charge on any atom is 0.253 e. The third kappa shape index (κ3) is 3.43. The predicted molar refractivity (Wildman–Crippen MR) is 89.8 cm³/mol. The molecule has 0 unspecified atom stereocenters. The summed E-state index contributed by atoms with van der Waals surface area (Å²) in [5.41, 5.74) is 1.73. The van der Waals surface area contributed by atoms with Crippen LogP contribution in [0.15, 0.2) is 24.3 Å². The molecule has 1 aliphatic carbocycles. The molecule has 5 nitrogen and oxygen atoms in total. The van der Waals surface area contributed by atoms with Gasteiger partial charge in [-0.2, -0.15) is 4.31 Å². The number of sulfonamides is 1. The summed E-state index contributed by atoms with van der Waals surface area (Å²) in [7, 11) is -3.19. The Kier molecular flexibility index (Phi) is 4.73. The summed E-state index contributed by atoms with van der Waals surface area (Å²) in [5, 5.41) is -0.207. The molecule has 2 aliphatic rings. The third-order valence-electron chi connectivity index (χ3n) is 4.87. The molecule has 6 heteroatoms. The molecule has 1 aromatic rings. The maximum atomic E-state index is 12.6. The van der Waals surface area contributed by atoms with E-state index < -0.39 is 10.0 Å². The molecular formula is C17H24N2O3S. The van der Waals surface area contributed by atoms with Gasteiger partial charge in [-0.25, -0.2) is 8.42 Å². The van der Waals surface area contributed by atoms with E-state index in [1.807, 2.05) is 31.2 Å². The molecule has 0 radical (unpaired) electrons. The van der Waals surface area contributed by atoms with Crippen LogP contribution in [-0.2, 0) is 10.0 Å². The van der Waals surface area contributed by atoms with E-state index in [1.54, 1.807) is 9.21 Å². The van der Waals surface area contributed by atoms with E-state index in [2.05, 4.69) is 0 Å². The van der Waals surface area contributed by atoms with Gasteiger partial charge in [-0.1, -0.05) is 30.5 Å². The molecule has 0 aromatic heterocycles. The van der Waals surface area contributed by atoms with Gasteiger partial charge < -0.3 is 4.90 Å². The Bertz CT molecular complexity index is 673. The van der Waals surface area contributed by atoms with Crippen molar-refractivity contribution in [2.45, 2.75) is 37.9 Å². The lowest BCUT2D eigenvalue weighted by Gasteiger charge is -2.35. The van der Waals surface area contributed by atoms with E-state index in [0.717, 1.165) is 31.2 Å². The molecule has 0 N–H and O–H groups in total. The monoisotopic (exact) mass is 336 g/mol. The van der Waals surface area contributed by atoms with Gasteiger partial charge in [0, 0.05) is 31.7 Å². The second-order valence-electron chi connectivity index (χ2n) is 6.51. The highest BCUT2D eigenvalue weighted by molar-refractivity contribution is 7.89. The van der Waals surface area contributed by atoms with Crippen LogP contribution in [0, 0.1) is 6.92 Å². The lowest BCUT2D eigenvalue weighted by atomic mass is 10.1. The number of nitrogens with zero attached hydrogens (tertiary/aromatic N) is 2. The number of rotatable bonds is 3. The number of amides is 1. The molecule has 1 heterocycles. The van der Waals surface area contributed by atoms with Crippen molar-refractivity contribution in [1.82, 2.24) is 9.21 Å². The average molecular weight is 336 g/mol. The van der Waals surface area contributed by atoms with Crippen molar-refractivity contribution in [2.75, 3.05) is 26.2 Å². The highest BCUT2D eigenvalue weighted by atomic mass is 32.2. The summed E-state index contributed by atoms with van der Waals surface area (Å²) in [4.78, 5) is 14.3. The molecule has 1 saturated carbocycles. The average Bonchev–Trinajstić information content (AvgIpc) is 3.09. The number of carbonyl (C=O) groups is 1. The Labute approximate surface area is 138 Å². The Morgan fingerprint density at radius 3 is 2.35 bits per heavy atom. The zero-order valence-electron chi connectivity index (χ0n) is 13.6. The number of benzene rings is 1. The van der Waals surface area contributed by atoms with Crippen LogP contribution in [0.25, 0.3) is 0 Å². The summed E-state index contributed by atoms with van der Waals surface area (Å²) in [6.07, 6.45) is 3.58. The summed E-state index contributed by atoms with van der Waals surface area (Å²) in [5.74, 6) is -0.00776. The van der Waals surface area contributed by atoms with E-state index in [1.165, 1.54) is 0 Å². The lowest BCUT2D eigenvalue weighted by Crippen LogP contribution is -2.52. The summed E-state index contributed by atoms with van der Waals surface area (Å²) >= 11 is 0. The van der Waals surface area contributed by atoms with Gasteiger partial charge in [0.05, 0.1) is 5.25 Å². The van der Waals surface area contributed by atoms with Crippen molar-refractivity contribution in [3.8, 4) is 0 Å². The van der Waals surface area contributed by atoms with Crippen molar-refractivity contribution >= 4 is 15.9 Å². The number of carbonyl (C=O) groups excluding carboxylic acids is 1. The minimum atomic E-state index is -3.19. The van der Waals surface area contributed by atoms with Crippen LogP contribution in [0.4, 0.5) is 0 Å². The van der Waals surface area contributed by atoms with E-state index in [0.29, 0.717) is 31.7 Å². The van der Waals surface area contributed by atoms with Crippen LogP contribution in [0.1, 0.15) is 41.6 Å². The molecule has 1 amide bonds. The zero-order valence-corrected chi connectivity index (χ0v) is 14.4. The number of piperazine rings is 1. The van der Waals surface area contributed by atoms with Crippen molar-refractivity contribution in [3.63, 3.8) is 0 Å². The molecule has 0 spiro atoms. The molecular weight excluding hydrogens is 312 g/mol. The van der Waals surface area contributed by atoms with E-state index in [9.17, 15) is 13.2 Å². The molecule has 1 aromatic carbocycles. The minimum Gasteiger partial charge on any atom is -0.336 e. The highest BCUT2D eigenvalue weighted by Crippen LogP contribution is 2.27. The normalized spacial score (nSPS) is 20.8. The fraction of sp³-hybridized carbons (Fsp3) is 0.588. The topological polar surface area (TPSA) is 57.7 Å². The maximum absolute atomic E-state index is 12.6. The standard InChI is InChI=1S/C17H24N2O3S/c1-14-5-4-6-15(13-14)17(20)18-9-11-19(12-10-18)23(21,22)16-7-2-3-8-16/h4-6,13,16H,2-3,7-12H2,1H3. The second-order valence-corrected chi connectivity index (χ2v) is 8.73. The SMILES string of the molecule is Cc1cccc(C(=O)N2CCN(S(=O)(=O)C3CCCC3)CC2)c1. The molecule has 1 saturated heterocycles.